The molecule has 0 aliphatic heterocycles. The largest absolute Gasteiger partial charge is 0.383 e. The maximum Gasteiger partial charge on any atom is 0.252 e. The third-order valence-corrected chi connectivity index (χ3v) is 4.81. The maximum atomic E-state index is 12.2. The van der Waals surface area contributed by atoms with E-state index in [2.05, 4.69) is 21.9 Å². The SMILES string of the molecule is COCCNS(=O)(=O)c1cccc(C(=O)NCC#Cc2ccccc2)c1. The lowest BCUT2D eigenvalue weighted by Crippen LogP contribution is -2.28. The van der Waals surface area contributed by atoms with Crippen molar-refractivity contribution in [2.45, 2.75) is 4.90 Å². The van der Waals surface area contributed by atoms with Crippen LogP contribution in [0.15, 0.2) is 59.5 Å². The van der Waals surface area contributed by atoms with Crippen LogP contribution in [0.25, 0.3) is 0 Å². The summed E-state index contributed by atoms with van der Waals surface area (Å²) in [5.74, 6) is 5.40. The molecular weight excluding hydrogens is 352 g/mol. The molecule has 0 bridgehead atoms. The van der Waals surface area contributed by atoms with Crippen LogP contribution < -0.4 is 10.0 Å². The van der Waals surface area contributed by atoms with Crippen LogP contribution >= 0.6 is 0 Å². The van der Waals surface area contributed by atoms with Gasteiger partial charge in [-0.25, -0.2) is 13.1 Å². The van der Waals surface area contributed by atoms with Crippen molar-refractivity contribution in [2.24, 2.45) is 0 Å². The third-order valence-electron chi connectivity index (χ3n) is 3.35. The number of amides is 1. The van der Waals surface area contributed by atoms with Gasteiger partial charge in [0.05, 0.1) is 18.0 Å². The summed E-state index contributed by atoms with van der Waals surface area (Å²) in [5.41, 5.74) is 1.11. The van der Waals surface area contributed by atoms with E-state index in [1.165, 1.54) is 25.3 Å². The number of hydrogen-bond donors (Lipinski definition) is 2. The zero-order chi connectivity index (χ0) is 18.8. The smallest absolute Gasteiger partial charge is 0.252 e. The Morgan fingerprint density at radius 3 is 2.62 bits per heavy atom. The number of carbonyl (C=O) groups is 1. The molecule has 0 unspecified atom stereocenters. The molecule has 0 atom stereocenters. The molecule has 0 radical (unpaired) electrons. The van der Waals surface area contributed by atoms with Gasteiger partial charge in [-0.15, -0.1) is 0 Å². The van der Waals surface area contributed by atoms with Crippen molar-refractivity contribution in [3.05, 3.63) is 65.7 Å². The molecule has 2 aromatic rings. The molecule has 26 heavy (non-hydrogen) atoms. The van der Waals surface area contributed by atoms with Crippen LogP contribution in [0.4, 0.5) is 0 Å². The Kier molecular flexibility index (Phi) is 7.36. The van der Waals surface area contributed by atoms with E-state index in [1.807, 2.05) is 30.3 Å². The number of methoxy groups -OCH3 is 1. The van der Waals surface area contributed by atoms with Crippen molar-refractivity contribution in [3.8, 4) is 11.8 Å². The van der Waals surface area contributed by atoms with Crippen LogP contribution in [0.3, 0.4) is 0 Å². The van der Waals surface area contributed by atoms with Crippen molar-refractivity contribution < 1.29 is 17.9 Å². The highest BCUT2D eigenvalue weighted by molar-refractivity contribution is 7.89. The zero-order valence-electron chi connectivity index (χ0n) is 14.4. The number of sulfonamides is 1. The van der Waals surface area contributed by atoms with Crippen molar-refractivity contribution in [2.75, 3.05) is 26.8 Å². The topological polar surface area (TPSA) is 84.5 Å². The summed E-state index contributed by atoms with van der Waals surface area (Å²) < 4.78 is 31.6. The Hall–Kier alpha value is -2.66. The number of rotatable bonds is 7. The molecule has 0 saturated heterocycles. The van der Waals surface area contributed by atoms with Crippen LogP contribution in [0.5, 0.6) is 0 Å². The summed E-state index contributed by atoms with van der Waals surface area (Å²) in [4.78, 5) is 12.2. The van der Waals surface area contributed by atoms with Gasteiger partial charge in [-0.3, -0.25) is 4.79 Å². The second-order valence-corrected chi connectivity index (χ2v) is 7.04. The summed E-state index contributed by atoms with van der Waals surface area (Å²) in [7, 11) is -2.20. The molecule has 0 aliphatic carbocycles. The normalized spacial score (nSPS) is 10.7. The van der Waals surface area contributed by atoms with Gasteiger partial charge in [0.1, 0.15) is 0 Å². The van der Waals surface area contributed by atoms with Gasteiger partial charge in [0.25, 0.3) is 5.91 Å². The minimum absolute atomic E-state index is 0.0247. The van der Waals surface area contributed by atoms with E-state index >= 15 is 0 Å². The van der Waals surface area contributed by atoms with Crippen molar-refractivity contribution in [3.63, 3.8) is 0 Å². The number of ether oxygens (including phenoxy) is 1. The van der Waals surface area contributed by atoms with Crippen LogP contribution in [0.1, 0.15) is 15.9 Å². The first kappa shape index (κ1) is 19.7. The zero-order valence-corrected chi connectivity index (χ0v) is 15.2. The minimum Gasteiger partial charge on any atom is -0.383 e. The lowest BCUT2D eigenvalue weighted by molar-refractivity contribution is 0.0958. The summed E-state index contributed by atoms with van der Waals surface area (Å²) >= 11 is 0. The molecular formula is C19H20N2O4S. The predicted octanol–water partition coefficient (Wildman–Crippen LogP) is 1.39. The molecule has 2 rings (SSSR count). The van der Waals surface area contributed by atoms with Crippen LogP contribution in [-0.4, -0.2) is 41.1 Å². The van der Waals surface area contributed by atoms with E-state index in [-0.39, 0.29) is 36.1 Å². The average molecular weight is 372 g/mol. The standard InChI is InChI=1S/C19H20N2O4S/c1-25-14-13-21-26(23,24)18-11-5-10-17(15-18)19(22)20-12-6-9-16-7-3-2-4-8-16/h2-5,7-8,10-11,15,21H,12-14H2,1H3,(H,20,22). The fourth-order valence-electron chi connectivity index (χ4n) is 2.06. The van der Waals surface area contributed by atoms with E-state index in [0.717, 1.165) is 5.56 Å². The van der Waals surface area contributed by atoms with E-state index < -0.39 is 10.0 Å². The molecule has 1 amide bonds. The van der Waals surface area contributed by atoms with Crippen LogP contribution in [-0.2, 0) is 14.8 Å². The van der Waals surface area contributed by atoms with Gasteiger partial charge in [0.15, 0.2) is 0 Å². The molecule has 0 aromatic heterocycles. The van der Waals surface area contributed by atoms with Gasteiger partial charge in [-0.05, 0) is 30.3 Å². The van der Waals surface area contributed by atoms with Crippen molar-refractivity contribution in [1.29, 1.82) is 0 Å². The molecule has 0 aliphatic rings. The van der Waals surface area contributed by atoms with Crippen molar-refractivity contribution in [1.82, 2.24) is 10.0 Å². The quantitative estimate of drug-likeness (QED) is 0.568. The fourth-order valence-corrected chi connectivity index (χ4v) is 3.12. The molecule has 0 spiro atoms. The van der Waals surface area contributed by atoms with E-state index in [0.29, 0.717) is 0 Å². The number of benzene rings is 2. The highest BCUT2D eigenvalue weighted by atomic mass is 32.2. The molecule has 2 aromatic carbocycles. The van der Waals surface area contributed by atoms with E-state index in [1.54, 1.807) is 6.07 Å². The average Bonchev–Trinajstić information content (AvgIpc) is 2.66. The highest BCUT2D eigenvalue weighted by Crippen LogP contribution is 2.11. The van der Waals surface area contributed by atoms with Gasteiger partial charge in [0, 0.05) is 24.8 Å². The molecule has 7 heteroatoms. The molecule has 0 heterocycles. The van der Waals surface area contributed by atoms with Crippen molar-refractivity contribution >= 4 is 15.9 Å². The Balaban J connectivity index is 1.98. The van der Waals surface area contributed by atoms with E-state index in [4.69, 9.17) is 4.74 Å². The molecule has 2 N–H and O–H groups in total. The molecule has 136 valence electrons. The Morgan fingerprint density at radius 2 is 1.88 bits per heavy atom. The second-order valence-electron chi connectivity index (χ2n) is 5.27. The lowest BCUT2D eigenvalue weighted by atomic mass is 10.2. The second kappa shape index (κ2) is 9.73. The van der Waals surface area contributed by atoms with Crippen LogP contribution in [0, 0.1) is 11.8 Å². The van der Waals surface area contributed by atoms with Gasteiger partial charge >= 0.3 is 0 Å². The van der Waals surface area contributed by atoms with Gasteiger partial charge in [-0.2, -0.15) is 0 Å². The summed E-state index contributed by atoms with van der Waals surface area (Å²) in [6, 6.07) is 15.3. The Bertz CT molecular complexity index is 900. The van der Waals surface area contributed by atoms with Gasteiger partial charge in [0.2, 0.25) is 10.0 Å². The first-order valence-corrected chi connectivity index (χ1v) is 9.42. The summed E-state index contributed by atoms with van der Waals surface area (Å²) in [5, 5.41) is 2.65. The number of nitrogens with one attached hydrogen (secondary N) is 2. The van der Waals surface area contributed by atoms with Gasteiger partial charge < -0.3 is 10.1 Å². The first-order valence-electron chi connectivity index (χ1n) is 7.94. The first-order chi connectivity index (χ1) is 12.5. The molecule has 6 nitrogen and oxygen atoms in total. The highest BCUT2D eigenvalue weighted by Gasteiger charge is 2.15. The Labute approximate surface area is 153 Å². The fraction of sp³-hybridized carbons (Fsp3) is 0.211. The lowest BCUT2D eigenvalue weighted by Gasteiger charge is -2.08. The number of hydrogen-bond acceptors (Lipinski definition) is 4. The van der Waals surface area contributed by atoms with Gasteiger partial charge in [-0.1, -0.05) is 36.1 Å². The molecule has 0 fully saturated rings. The molecule has 0 saturated carbocycles. The number of carbonyl (C=O) groups excluding carboxylic acids is 1. The van der Waals surface area contributed by atoms with Crippen LogP contribution in [0.2, 0.25) is 0 Å². The Morgan fingerprint density at radius 1 is 1.12 bits per heavy atom. The monoisotopic (exact) mass is 372 g/mol. The minimum atomic E-state index is -3.69. The van der Waals surface area contributed by atoms with E-state index in [9.17, 15) is 13.2 Å². The third kappa shape index (κ3) is 6.01. The predicted molar refractivity (Wildman–Crippen MR) is 99.2 cm³/mol. The summed E-state index contributed by atoms with van der Waals surface area (Å²) in [6.45, 7) is 0.584. The summed E-state index contributed by atoms with van der Waals surface area (Å²) in [6.07, 6.45) is 0. The maximum absolute atomic E-state index is 12.2.